The third-order valence-electron chi connectivity index (χ3n) is 4.73. The number of halogens is 3. The largest absolute Gasteiger partial charge is 0.490 e. The van der Waals surface area contributed by atoms with Crippen LogP contribution in [-0.2, 0) is 11.8 Å². The molecule has 0 aliphatic carbocycles. The summed E-state index contributed by atoms with van der Waals surface area (Å²) in [5.41, 5.74) is 4.16. The highest BCUT2D eigenvalue weighted by Gasteiger charge is 2.38. The average molecular weight is 440 g/mol. The van der Waals surface area contributed by atoms with Crippen molar-refractivity contribution in [3.8, 4) is 0 Å². The molecule has 0 radical (unpaired) electrons. The Hall–Kier alpha value is -3.01. The third kappa shape index (κ3) is 5.38. The number of hydrogen-bond acceptors (Lipinski definition) is 3. The molecule has 0 saturated heterocycles. The molecule has 0 aliphatic rings. The molecule has 0 bridgehead atoms. The number of hydrogen-bond donors (Lipinski definition) is 2. The Morgan fingerprint density at radius 2 is 1.74 bits per heavy atom. The van der Waals surface area contributed by atoms with Crippen LogP contribution in [0.3, 0.4) is 0 Å². The maximum Gasteiger partial charge on any atom is 0.490 e. The van der Waals surface area contributed by atoms with E-state index in [-0.39, 0.29) is 5.91 Å². The zero-order chi connectivity index (χ0) is 23.5. The number of carbonyl (C=O) groups is 2. The van der Waals surface area contributed by atoms with Gasteiger partial charge < -0.3 is 24.5 Å². The number of nitrogens with one attached hydrogen (secondary N) is 1. The molecule has 1 aromatic carbocycles. The predicted molar refractivity (Wildman–Crippen MR) is 113 cm³/mol. The normalized spacial score (nSPS) is 11.8. The van der Waals surface area contributed by atoms with Crippen molar-refractivity contribution in [2.45, 2.75) is 26.1 Å². The molecule has 3 rings (SSSR count). The van der Waals surface area contributed by atoms with Gasteiger partial charge in [0.15, 0.2) is 0 Å². The summed E-state index contributed by atoms with van der Waals surface area (Å²) >= 11 is 0. The van der Waals surface area contributed by atoms with Crippen molar-refractivity contribution in [3.63, 3.8) is 0 Å². The highest BCUT2D eigenvalue weighted by molar-refractivity contribution is 6.10. The highest BCUT2D eigenvalue weighted by atomic mass is 19.4. The number of likely N-dealkylation sites (N-methyl/N-ethyl adjacent to an activating group) is 1. The molecule has 0 atom stereocenters. The number of para-hydroxylation sites is 1. The summed E-state index contributed by atoms with van der Waals surface area (Å²) in [5.74, 6) is -2.78. The molecule has 31 heavy (non-hydrogen) atoms. The molecular formula is C21H27F3N4O3. The number of carboxylic acid groups (broad SMARTS) is 1. The number of amides is 1. The Morgan fingerprint density at radius 1 is 1.16 bits per heavy atom. The van der Waals surface area contributed by atoms with Crippen LogP contribution in [0.25, 0.3) is 21.9 Å². The van der Waals surface area contributed by atoms with E-state index in [4.69, 9.17) is 9.90 Å². The molecule has 0 spiro atoms. The van der Waals surface area contributed by atoms with Crippen LogP contribution in [0.15, 0.2) is 30.3 Å². The van der Waals surface area contributed by atoms with Crippen molar-refractivity contribution in [2.75, 3.05) is 27.2 Å². The Kier molecular flexibility index (Phi) is 7.37. The summed E-state index contributed by atoms with van der Waals surface area (Å²) in [4.78, 5) is 23.5. The molecule has 170 valence electrons. The maximum atomic E-state index is 12.6. The van der Waals surface area contributed by atoms with Crippen LogP contribution in [0.4, 0.5) is 13.2 Å². The van der Waals surface area contributed by atoms with Gasteiger partial charge in [0.05, 0.1) is 16.6 Å². The van der Waals surface area contributed by atoms with E-state index < -0.39 is 12.1 Å². The van der Waals surface area contributed by atoms with Gasteiger partial charge in [0, 0.05) is 31.6 Å². The summed E-state index contributed by atoms with van der Waals surface area (Å²) in [6, 6.07) is 10.7. The van der Waals surface area contributed by atoms with Crippen LogP contribution in [0, 0.1) is 0 Å². The molecular weight excluding hydrogens is 413 g/mol. The number of nitrogens with zero attached hydrogens (tertiary/aromatic N) is 3. The van der Waals surface area contributed by atoms with Crippen molar-refractivity contribution in [1.29, 1.82) is 0 Å². The van der Waals surface area contributed by atoms with E-state index in [0.29, 0.717) is 18.3 Å². The number of aromatic nitrogens is 2. The molecule has 0 unspecified atom stereocenters. The van der Waals surface area contributed by atoms with Crippen LogP contribution in [0.2, 0.25) is 0 Å². The average Bonchev–Trinajstić information content (AvgIpc) is 3.15. The Bertz CT molecular complexity index is 1080. The molecule has 2 heterocycles. The van der Waals surface area contributed by atoms with Gasteiger partial charge in [-0.1, -0.05) is 18.2 Å². The van der Waals surface area contributed by atoms with Crippen molar-refractivity contribution >= 4 is 33.8 Å². The number of benzene rings is 1. The van der Waals surface area contributed by atoms with Gasteiger partial charge in [-0.25, -0.2) is 4.79 Å². The second-order valence-corrected chi connectivity index (χ2v) is 7.67. The molecule has 1 amide bonds. The summed E-state index contributed by atoms with van der Waals surface area (Å²) in [6.07, 6.45) is -5.08. The molecule has 0 fully saturated rings. The SMILES string of the molecule is CC(C)n1c2ccccc2c2c1cc(C(=O)NCCN(C)C)n2C.O=C(O)C(F)(F)F. The van der Waals surface area contributed by atoms with Crippen LogP contribution < -0.4 is 5.32 Å². The second kappa shape index (κ2) is 9.42. The third-order valence-corrected chi connectivity index (χ3v) is 4.73. The fourth-order valence-corrected chi connectivity index (χ4v) is 3.36. The number of alkyl halides is 3. The van der Waals surface area contributed by atoms with Gasteiger partial charge in [-0.3, -0.25) is 4.79 Å². The van der Waals surface area contributed by atoms with Crippen molar-refractivity contribution in [3.05, 3.63) is 36.0 Å². The lowest BCUT2D eigenvalue weighted by atomic mass is 10.2. The minimum Gasteiger partial charge on any atom is -0.475 e. The Morgan fingerprint density at radius 3 is 2.26 bits per heavy atom. The van der Waals surface area contributed by atoms with Gasteiger partial charge in [0.2, 0.25) is 0 Å². The highest BCUT2D eigenvalue weighted by Crippen LogP contribution is 2.33. The monoisotopic (exact) mass is 440 g/mol. The van der Waals surface area contributed by atoms with E-state index in [1.807, 2.05) is 31.8 Å². The smallest absolute Gasteiger partial charge is 0.475 e. The number of carboxylic acids is 1. The van der Waals surface area contributed by atoms with Gasteiger partial charge in [-0.05, 0) is 40.1 Å². The molecule has 2 N–H and O–H groups in total. The lowest BCUT2D eigenvalue weighted by Crippen LogP contribution is -2.32. The zero-order valence-electron chi connectivity index (χ0n) is 18.1. The fourth-order valence-electron chi connectivity index (χ4n) is 3.36. The Labute approximate surface area is 178 Å². The van der Waals surface area contributed by atoms with E-state index in [2.05, 4.69) is 52.9 Å². The Balaban J connectivity index is 0.000000423. The maximum absolute atomic E-state index is 12.6. The van der Waals surface area contributed by atoms with E-state index in [9.17, 15) is 18.0 Å². The first kappa shape index (κ1) is 24.3. The molecule has 7 nitrogen and oxygen atoms in total. The van der Waals surface area contributed by atoms with E-state index in [1.54, 1.807) is 0 Å². The number of aliphatic carboxylic acids is 1. The number of fused-ring (bicyclic) bond motifs is 3. The molecule has 3 aromatic rings. The lowest BCUT2D eigenvalue weighted by molar-refractivity contribution is -0.192. The van der Waals surface area contributed by atoms with Gasteiger partial charge in [-0.15, -0.1) is 0 Å². The quantitative estimate of drug-likeness (QED) is 0.635. The predicted octanol–water partition coefficient (Wildman–Crippen LogP) is 3.64. The number of rotatable bonds is 5. The van der Waals surface area contributed by atoms with Gasteiger partial charge in [-0.2, -0.15) is 13.2 Å². The molecule has 0 aliphatic heterocycles. The van der Waals surface area contributed by atoms with Gasteiger partial charge in [0.1, 0.15) is 5.69 Å². The number of aryl methyl sites for hydroxylation is 1. The number of carbonyl (C=O) groups excluding carboxylic acids is 1. The minimum absolute atomic E-state index is 0.0186. The summed E-state index contributed by atoms with van der Waals surface area (Å²) in [5, 5.41) is 11.3. The minimum atomic E-state index is -5.08. The van der Waals surface area contributed by atoms with Crippen LogP contribution in [0.1, 0.15) is 30.4 Å². The van der Waals surface area contributed by atoms with E-state index in [1.165, 1.54) is 10.9 Å². The van der Waals surface area contributed by atoms with Crippen molar-refractivity contribution in [1.82, 2.24) is 19.4 Å². The first-order chi connectivity index (χ1) is 14.4. The summed E-state index contributed by atoms with van der Waals surface area (Å²) in [6.45, 7) is 5.83. The van der Waals surface area contributed by atoms with Crippen molar-refractivity contribution in [2.24, 2.45) is 7.05 Å². The second-order valence-electron chi connectivity index (χ2n) is 7.67. The topological polar surface area (TPSA) is 79.5 Å². The first-order valence-electron chi connectivity index (χ1n) is 9.67. The zero-order valence-corrected chi connectivity index (χ0v) is 18.1. The van der Waals surface area contributed by atoms with Crippen LogP contribution in [0.5, 0.6) is 0 Å². The fraction of sp³-hybridized carbons (Fsp3) is 0.429. The summed E-state index contributed by atoms with van der Waals surface area (Å²) in [7, 11) is 5.97. The standard InChI is InChI=1S/C19H26N4O.C2HF3O2/c1-13(2)23-15-9-7-6-8-14(15)18-16(23)12-17(22(18)5)19(24)20-10-11-21(3)4;3-2(4,5)1(6)7/h6-9,12-13H,10-11H2,1-5H3,(H,20,24);(H,6,7). The van der Waals surface area contributed by atoms with E-state index >= 15 is 0 Å². The van der Waals surface area contributed by atoms with Gasteiger partial charge in [0.25, 0.3) is 5.91 Å². The van der Waals surface area contributed by atoms with Crippen LogP contribution >= 0.6 is 0 Å². The molecule has 10 heteroatoms. The molecule has 2 aromatic heterocycles. The van der Waals surface area contributed by atoms with Crippen molar-refractivity contribution < 1.29 is 27.9 Å². The lowest BCUT2D eigenvalue weighted by Gasteiger charge is -2.11. The first-order valence-corrected chi connectivity index (χ1v) is 9.67. The van der Waals surface area contributed by atoms with E-state index in [0.717, 1.165) is 17.6 Å². The van der Waals surface area contributed by atoms with Gasteiger partial charge >= 0.3 is 12.1 Å². The van der Waals surface area contributed by atoms with Crippen LogP contribution in [-0.4, -0.2) is 64.4 Å². The molecule has 0 saturated carbocycles. The summed E-state index contributed by atoms with van der Waals surface area (Å²) < 4.78 is 36.1.